The molecule has 1 aromatic rings. The van der Waals surface area contributed by atoms with Gasteiger partial charge in [-0.3, -0.25) is 4.79 Å². The number of hydrogen-bond acceptors (Lipinski definition) is 3. The minimum Gasteiger partial charge on any atom is -0.337 e. The van der Waals surface area contributed by atoms with Gasteiger partial charge >= 0.3 is 0 Å². The fourth-order valence-corrected chi connectivity index (χ4v) is 4.79. The Morgan fingerprint density at radius 1 is 1.38 bits per heavy atom. The Morgan fingerprint density at radius 2 is 2.14 bits per heavy atom. The Balaban J connectivity index is 1.64. The van der Waals surface area contributed by atoms with Crippen molar-refractivity contribution in [3.05, 3.63) is 21.9 Å². The summed E-state index contributed by atoms with van der Waals surface area (Å²) in [5, 5.41) is 3.60. The number of carbonyl (C=O) groups is 1. The van der Waals surface area contributed by atoms with E-state index < -0.39 is 0 Å². The second-order valence-electron chi connectivity index (χ2n) is 6.68. The molecule has 0 bridgehead atoms. The van der Waals surface area contributed by atoms with Crippen LogP contribution in [-0.2, 0) is 4.79 Å². The number of carbonyl (C=O) groups excluding carboxylic acids is 1. The van der Waals surface area contributed by atoms with E-state index in [1.54, 1.807) is 11.3 Å². The smallest absolute Gasteiger partial charge is 0.239 e. The molecule has 3 nitrogen and oxygen atoms in total. The Labute approximate surface area is 131 Å². The van der Waals surface area contributed by atoms with Crippen molar-refractivity contribution < 1.29 is 4.79 Å². The van der Waals surface area contributed by atoms with E-state index in [1.165, 1.54) is 35.4 Å². The topological polar surface area (TPSA) is 32.3 Å². The van der Waals surface area contributed by atoms with Crippen LogP contribution in [0.4, 0.5) is 0 Å². The zero-order chi connectivity index (χ0) is 15.0. The number of hydrogen-bond donors (Lipinski definition) is 1. The number of likely N-dealkylation sites (N-methyl/N-ethyl adjacent to an activating group) is 1. The summed E-state index contributed by atoms with van der Waals surface area (Å²) in [4.78, 5) is 17.3. The zero-order valence-corrected chi connectivity index (χ0v) is 14.1. The molecular weight excluding hydrogens is 280 g/mol. The Kier molecular flexibility index (Phi) is 4.36. The van der Waals surface area contributed by atoms with Crippen molar-refractivity contribution in [1.82, 2.24) is 10.2 Å². The van der Waals surface area contributed by atoms with Crippen molar-refractivity contribution in [3.8, 4) is 0 Å². The van der Waals surface area contributed by atoms with E-state index in [0.29, 0.717) is 6.04 Å². The Bertz CT molecular complexity index is 499. The summed E-state index contributed by atoms with van der Waals surface area (Å²) in [5.74, 6) is 0.989. The maximum Gasteiger partial charge on any atom is 0.239 e. The molecule has 1 N–H and O–H groups in total. The van der Waals surface area contributed by atoms with Crippen LogP contribution in [0.5, 0.6) is 0 Å². The summed E-state index contributed by atoms with van der Waals surface area (Å²) >= 11 is 1.79. The molecule has 0 radical (unpaired) electrons. The third-order valence-corrected chi connectivity index (χ3v) is 6.43. The number of thiophene rings is 1. The predicted molar refractivity (Wildman–Crippen MR) is 87.5 cm³/mol. The summed E-state index contributed by atoms with van der Waals surface area (Å²) in [6.45, 7) is 4.25. The molecule has 3 rings (SSSR count). The van der Waals surface area contributed by atoms with Crippen molar-refractivity contribution in [2.75, 3.05) is 7.05 Å². The average molecular weight is 306 g/mol. The normalized spacial score (nSPS) is 30.0. The molecule has 2 heterocycles. The van der Waals surface area contributed by atoms with Gasteiger partial charge in [-0.25, -0.2) is 0 Å². The van der Waals surface area contributed by atoms with Crippen LogP contribution in [0.1, 0.15) is 54.8 Å². The van der Waals surface area contributed by atoms with Crippen LogP contribution in [0.3, 0.4) is 0 Å². The standard InChI is InChI=1S/C17H26N2OS/c1-11-8-9-16(21-11)12(2)19(3)17(20)15-10-13-6-4-5-7-14(13)18-15/h8-9,12-15,18H,4-7,10H2,1-3H3. The maximum absolute atomic E-state index is 12.8. The highest BCUT2D eigenvalue weighted by Gasteiger charge is 2.39. The summed E-state index contributed by atoms with van der Waals surface area (Å²) in [5.41, 5.74) is 0. The quantitative estimate of drug-likeness (QED) is 0.927. The van der Waals surface area contributed by atoms with Gasteiger partial charge in [0.05, 0.1) is 12.1 Å². The van der Waals surface area contributed by atoms with Gasteiger partial charge < -0.3 is 10.2 Å². The van der Waals surface area contributed by atoms with Gasteiger partial charge in [0, 0.05) is 22.8 Å². The number of amides is 1. The highest BCUT2D eigenvalue weighted by molar-refractivity contribution is 7.12. The lowest BCUT2D eigenvalue weighted by Crippen LogP contribution is -2.44. The number of nitrogens with zero attached hydrogens (tertiary/aromatic N) is 1. The monoisotopic (exact) mass is 306 g/mol. The summed E-state index contributed by atoms with van der Waals surface area (Å²) < 4.78 is 0. The summed E-state index contributed by atoms with van der Waals surface area (Å²) in [6.07, 6.45) is 6.23. The summed E-state index contributed by atoms with van der Waals surface area (Å²) in [6, 6.07) is 5.07. The third kappa shape index (κ3) is 3.02. The van der Waals surface area contributed by atoms with E-state index in [0.717, 1.165) is 12.3 Å². The fraction of sp³-hybridized carbons (Fsp3) is 0.706. The second-order valence-corrected chi connectivity index (χ2v) is 8.00. The van der Waals surface area contributed by atoms with Crippen LogP contribution >= 0.6 is 11.3 Å². The van der Waals surface area contributed by atoms with Crippen molar-refractivity contribution in [2.24, 2.45) is 5.92 Å². The fourth-order valence-electron chi connectivity index (χ4n) is 3.82. The van der Waals surface area contributed by atoms with Crippen LogP contribution in [0, 0.1) is 12.8 Å². The summed E-state index contributed by atoms with van der Waals surface area (Å²) in [7, 11) is 1.95. The van der Waals surface area contributed by atoms with Crippen LogP contribution in [0.25, 0.3) is 0 Å². The number of aryl methyl sites for hydroxylation is 1. The third-order valence-electron chi connectivity index (χ3n) is 5.26. The van der Waals surface area contributed by atoms with E-state index in [9.17, 15) is 4.79 Å². The first kappa shape index (κ1) is 15.0. The highest BCUT2D eigenvalue weighted by atomic mass is 32.1. The van der Waals surface area contributed by atoms with Gasteiger partial charge in [-0.1, -0.05) is 12.8 Å². The highest BCUT2D eigenvalue weighted by Crippen LogP contribution is 2.34. The van der Waals surface area contributed by atoms with E-state index >= 15 is 0 Å². The van der Waals surface area contributed by atoms with Gasteiger partial charge in [-0.15, -0.1) is 11.3 Å². The maximum atomic E-state index is 12.8. The molecule has 1 aliphatic heterocycles. The minimum absolute atomic E-state index is 0.0339. The largest absolute Gasteiger partial charge is 0.337 e. The second kappa shape index (κ2) is 6.09. The Morgan fingerprint density at radius 3 is 2.81 bits per heavy atom. The first-order valence-corrected chi connectivity index (χ1v) is 8.97. The average Bonchev–Trinajstić information content (AvgIpc) is 3.10. The molecule has 4 unspecified atom stereocenters. The van der Waals surface area contributed by atoms with E-state index in [2.05, 4.69) is 31.3 Å². The van der Waals surface area contributed by atoms with Crippen molar-refractivity contribution in [1.29, 1.82) is 0 Å². The van der Waals surface area contributed by atoms with E-state index in [4.69, 9.17) is 0 Å². The predicted octanol–water partition coefficient (Wildman–Crippen LogP) is 3.50. The number of fused-ring (bicyclic) bond motifs is 1. The molecule has 2 aliphatic rings. The molecule has 4 heteroatoms. The molecule has 1 saturated carbocycles. The molecule has 4 atom stereocenters. The van der Waals surface area contributed by atoms with Crippen LogP contribution in [0.2, 0.25) is 0 Å². The molecule has 21 heavy (non-hydrogen) atoms. The lowest BCUT2D eigenvalue weighted by molar-refractivity contribution is -0.133. The van der Waals surface area contributed by atoms with Gasteiger partial charge in [0.15, 0.2) is 0 Å². The molecule has 1 amide bonds. The SMILES string of the molecule is Cc1ccc(C(C)N(C)C(=O)C2CC3CCCCC3N2)s1. The van der Waals surface area contributed by atoms with E-state index in [-0.39, 0.29) is 18.0 Å². The van der Waals surface area contributed by atoms with Crippen molar-refractivity contribution >= 4 is 17.2 Å². The van der Waals surface area contributed by atoms with E-state index in [1.807, 2.05) is 11.9 Å². The van der Waals surface area contributed by atoms with Crippen molar-refractivity contribution in [2.45, 2.75) is 64.1 Å². The first-order chi connectivity index (χ1) is 10.1. The first-order valence-electron chi connectivity index (χ1n) is 8.15. The van der Waals surface area contributed by atoms with Crippen LogP contribution in [-0.4, -0.2) is 29.9 Å². The molecule has 1 aliphatic carbocycles. The molecule has 1 aromatic heterocycles. The number of rotatable bonds is 3. The van der Waals surface area contributed by atoms with Crippen LogP contribution in [0.15, 0.2) is 12.1 Å². The molecule has 116 valence electrons. The molecule has 0 aromatic carbocycles. The van der Waals surface area contributed by atoms with Crippen molar-refractivity contribution in [3.63, 3.8) is 0 Å². The van der Waals surface area contributed by atoms with Gasteiger partial charge in [-0.05, 0) is 51.2 Å². The number of nitrogens with one attached hydrogen (secondary N) is 1. The molecule has 1 saturated heterocycles. The molecule has 2 fully saturated rings. The zero-order valence-electron chi connectivity index (χ0n) is 13.3. The van der Waals surface area contributed by atoms with Crippen LogP contribution < -0.4 is 5.32 Å². The van der Waals surface area contributed by atoms with Gasteiger partial charge in [0.25, 0.3) is 0 Å². The van der Waals surface area contributed by atoms with Gasteiger partial charge in [0.2, 0.25) is 5.91 Å². The lowest BCUT2D eigenvalue weighted by Gasteiger charge is -2.27. The molecular formula is C17H26N2OS. The Hall–Kier alpha value is -0.870. The van der Waals surface area contributed by atoms with Gasteiger partial charge in [-0.2, -0.15) is 0 Å². The molecule has 0 spiro atoms. The minimum atomic E-state index is 0.0339. The lowest BCUT2D eigenvalue weighted by atomic mass is 9.85. The van der Waals surface area contributed by atoms with Gasteiger partial charge in [0.1, 0.15) is 0 Å².